The van der Waals surface area contributed by atoms with Crippen molar-refractivity contribution in [3.8, 4) is 33.6 Å². The Morgan fingerprint density at radius 3 is 2.35 bits per heavy atom. The lowest BCUT2D eigenvalue weighted by atomic mass is 9.96. The number of H-pyrrole nitrogens is 1. The fourth-order valence-corrected chi connectivity index (χ4v) is 4.37. The molecule has 0 unspecified atom stereocenters. The number of aryl methyl sites for hydroxylation is 1. The number of aromatic amines is 1. The van der Waals surface area contributed by atoms with Gasteiger partial charge in [0.25, 0.3) is 0 Å². The van der Waals surface area contributed by atoms with Crippen LogP contribution >= 0.6 is 23.2 Å². The molecular formula is C27H21Cl2N3O2. The van der Waals surface area contributed by atoms with E-state index in [0.29, 0.717) is 27.2 Å². The number of halogens is 2. The first-order chi connectivity index (χ1) is 16.3. The van der Waals surface area contributed by atoms with Gasteiger partial charge in [-0.25, -0.2) is 4.98 Å². The number of rotatable bonds is 5. The van der Waals surface area contributed by atoms with Gasteiger partial charge < -0.3 is 4.42 Å². The van der Waals surface area contributed by atoms with E-state index in [9.17, 15) is 4.79 Å². The maximum absolute atomic E-state index is 12.7. The zero-order valence-electron chi connectivity index (χ0n) is 18.8. The van der Waals surface area contributed by atoms with Gasteiger partial charge in [-0.2, -0.15) is 5.10 Å². The molecule has 0 amide bonds. The number of furan rings is 1. The van der Waals surface area contributed by atoms with Crippen LogP contribution in [0.1, 0.15) is 30.0 Å². The summed E-state index contributed by atoms with van der Waals surface area (Å²) >= 11 is 12.9. The van der Waals surface area contributed by atoms with Crippen LogP contribution in [0.25, 0.3) is 44.7 Å². The minimum atomic E-state index is -0.182. The molecule has 3 heterocycles. The number of carbonyl (C=O) groups excluding carboxylic acids is 1. The van der Waals surface area contributed by atoms with Gasteiger partial charge in [0.1, 0.15) is 0 Å². The predicted molar refractivity (Wildman–Crippen MR) is 136 cm³/mol. The third-order valence-corrected chi connectivity index (χ3v) is 6.42. The Morgan fingerprint density at radius 1 is 0.971 bits per heavy atom. The van der Waals surface area contributed by atoms with Crippen LogP contribution in [0.2, 0.25) is 10.0 Å². The van der Waals surface area contributed by atoms with Crippen molar-refractivity contribution in [2.24, 2.45) is 5.92 Å². The standard InChI is InChI=1S/C27H21Cl2N3O2/c1-14(2)25(33)26-15(3)20-13-21(16-4-7-18(28)8-5-16)24(31-27(20)34-26)19-9-6-17(12-22(19)29)23-10-11-30-32-23/h4-14H,1-3H3,(H,30,32). The van der Waals surface area contributed by atoms with Crippen molar-refractivity contribution in [2.75, 3.05) is 0 Å². The van der Waals surface area contributed by atoms with Gasteiger partial charge in [0.2, 0.25) is 11.5 Å². The van der Waals surface area contributed by atoms with Crippen molar-refractivity contribution in [3.05, 3.63) is 82.2 Å². The second-order valence-corrected chi connectivity index (χ2v) is 9.32. The first-order valence-electron chi connectivity index (χ1n) is 10.9. The summed E-state index contributed by atoms with van der Waals surface area (Å²) in [5, 5.41) is 9.02. The molecule has 0 fully saturated rings. The predicted octanol–water partition coefficient (Wildman–Crippen LogP) is 8.01. The highest BCUT2D eigenvalue weighted by Crippen LogP contribution is 2.40. The minimum absolute atomic E-state index is 0.0496. The van der Waals surface area contributed by atoms with E-state index in [1.54, 1.807) is 6.20 Å². The molecule has 7 heteroatoms. The Morgan fingerprint density at radius 2 is 1.71 bits per heavy atom. The van der Waals surface area contributed by atoms with Crippen LogP contribution in [0.5, 0.6) is 0 Å². The van der Waals surface area contributed by atoms with Crippen LogP contribution in [0, 0.1) is 12.8 Å². The molecule has 5 aromatic rings. The summed E-state index contributed by atoms with van der Waals surface area (Å²) in [5.74, 6) is 0.113. The van der Waals surface area contributed by atoms with Gasteiger partial charge in [-0.15, -0.1) is 0 Å². The topological polar surface area (TPSA) is 71.8 Å². The number of carbonyl (C=O) groups is 1. The second-order valence-electron chi connectivity index (χ2n) is 8.47. The first kappa shape index (κ1) is 22.4. The third-order valence-electron chi connectivity index (χ3n) is 5.85. The largest absolute Gasteiger partial charge is 0.434 e. The molecule has 0 radical (unpaired) electrons. The van der Waals surface area contributed by atoms with Crippen LogP contribution in [0.15, 0.2) is 65.2 Å². The fraction of sp³-hybridized carbons (Fsp3) is 0.148. The molecule has 0 bridgehead atoms. The summed E-state index contributed by atoms with van der Waals surface area (Å²) < 4.78 is 5.98. The van der Waals surface area contributed by atoms with Gasteiger partial charge >= 0.3 is 0 Å². The molecule has 1 N–H and O–H groups in total. The Labute approximate surface area is 206 Å². The molecule has 0 saturated carbocycles. The zero-order chi connectivity index (χ0) is 24.0. The number of hydrogen-bond acceptors (Lipinski definition) is 4. The van der Waals surface area contributed by atoms with E-state index in [-0.39, 0.29) is 11.7 Å². The number of ketones is 1. The van der Waals surface area contributed by atoms with Gasteiger partial charge in [0.05, 0.1) is 16.4 Å². The van der Waals surface area contributed by atoms with Gasteiger partial charge in [0, 0.05) is 44.8 Å². The van der Waals surface area contributed by atoms with E-state index in [0.717, 1.165) is 38.9 Å². The number of hydrogen-bond donors (Lipinski definition) is 1. The molecule has 0 aliphatic heterocycles. The molecular weight excluding hydrogens is 469 g/mol. The van der Waals surface area contributed by atoms with E-state index in [4.69, 9.17) is 32.6 Å². The monoisotopic (exact) mass is 489 g/mol. The Kier molecular flexibility index (Phi) is 5.76. The van der Waals surface area contributed by atoms with Crippen LogP contribution < -0.4 is 0 Å². The van der Waals surface area contributed by atoms with E-state index in [1.807, 2.05) is 75.4 Å². The maximum Gasteiger partial charge on any atom is 0.227 e. The van der Waals surface area contributed by atoms with Crippen molar-refractivity contribution in [1.82, 2.24) is 15.2 Å². The van der Waals surface area contributed by atoms with Crippen LogP contribution in [-0.4, -0.2) is 21.0 Å². The lowest BCUT2D eigenvalue weighted by Gasteiger charge is -2.12. The summed E-state index contributed by atoms with van der Waals surface area (Å²) in [6, 6.07) is 17.2. The van der Waals surface area contributed by atoms with E-state index in [1.165, 1.54) is 0 Å². The summed E-state index contributed by atoms with van der Waals surface area (Å²) in [7, 11) is 0. The molecule has 0 saturated heterocycles. The second kappa shape index (κ2) is 8.75. The number of pyridine rings is 1. The highest BCUT2D eigenvalue weighted by Gasteiger charge is 2.23. The van der Waals surface area contributed by atoms with Crippen molar-refractivity contribution >= 4 is 40.1 Å². The van der Waals surface area contributed by atoms with E-state index < -0.39 is 0 Å². The molecule has 2 aromatic carbocycles. The molecule has 0 spiro atoms. The van der Waals surface area contributed by atoms with E-state index in [2.05, 4.69) is 10.2 Å². The molecule has 5 nitrogen and oxygen atoms in total. The van der Waals surface area contributed by atoms with Crippen LogP contribution in [-0.2, 0) is 0 Å². The summed E-state index contributed by atoms with van der Waals surface area (Å²) in [4.78, 5) is 17.6. The Hall–Kier alpha value is -3.41. The molecule has 170 valence electrons. The maximum atomic E-state index is 12.7. The third kappa shape index (κ3) is 3.91. The van der Waals surface area contributed by atoms with Crippen molar-refractivity contribution in [1.29, 1.82) is 0 Å². The van der Waals surface area contributed by atoms with Gasteiger partial charge in [-0.3, -0.25) is 9.89 Å². The average Bonchev–Trinajstić information content (AvgIpc) is 3.47. The highest BCUT2D eigenvalue weighted by atomic mass is 35.5. The summed E-state index contributed by atoms with van der Waals surface area (Å²) in [6.45, 7) is 5.60. The minimum Gasteiger partial charge on any atom is -0.434 e. The van der Waals surface area contributed by atoms with E-state index >= 15 is 0 Å². The van der Waals surface area contributed by atoms with Gasteiger partial charge in [0.15, 0.2) is 5.76 Å². The fourth-order valence-electron chi connectivity index (χ4n) is 3.98. The Bertz CT molecular complexity index is 1520. The summed E-state index contributed by atoms with van der Waals surface area (Å²) in [5.41, 5.74) is 6.08. The molecule has 5 rings (SSSR count). The quantitative estimate of drug-likeness (QED) is 0.253. The molecule has 34 heavy (non-hydrogen) atoms. The molecule has 0 aliphatic rings. The highest BCUT2D eigenvalue weighted by molar-refractivity contribution is 6.34. The van der Waals surface area contributed by atoms with Gasteiger partial charge in [-0.05, 0) is 42.8 Å². The number of benzene rings is 2. The smallest absolute Gasteiger partial charge is 0.227 e. The number of fused-ring (bicyclic) bond motifs is 1. The number of nitrogens with zero attached hydrogens (tertiary/aromatic N) is 2. The number of nitrogens with one attached hydrogen (secondary N) is 1. The zero-order valence-corrected chi connectivity index (χ0v) is 20.3. The van der Waals surface area contributed by atoms with Gasteiger partial charge in [-0.1, -0.05) is 61.3 Å². The SMILES string of the molecule is Cc1c(C(=O)C(C)C)oc2nc(-c3ccc(-c4cc[nH]n4)cc3Cl)c(-c3ccc(Cl)cc3)cc12. The molecule has 0 aliphatic carbocycles. The average molecular weight is 490 g/mol. The van der Waals surface area contributed by atoms with Crippen LogP contribution in [0.3, 0.4) is 0 Å². The lowest BCUT2D eigenvalue weighted by molar-refractivity contribution is 0.0912. The van der Waals surface area contributed by atoms with Crippen molar-refractivity contribution in [3.63, 3.8) is 0 Å². The molecule has 3 aromatic heterocycles. The first-order valence-corrected chi connectivity index (χ1v) is 11.6. The summed E-state index contributed by atoms with van der Waals surface area (Å²) in [6.07, 6.45) is 1.76. The lowest BCUT2D eigenvalue weighted by Crippen LogP contribution is -2.07. The number of Topliss-reactive ketones (excluding diaryl/α,β-unsaturated/α-hetero) is 1. The van der Waals surface area contributed by atoms with Crippen LogP contribution in [0.4, 0.5) is 0 Å². The normalized spacial score (nSPS) is 11.5. The van der Waals surface area contributed by atoms with Crippen molar-refractivity contribution in [2.45, 2.75) is 20.8 Å². The number of aromatic nitrogens is 3. The molecule has 0 atom stereocenters. The van der Waals surface area contributed by atoms with Crippen molar-refractivity contribution < 1.29 is 9.21 Å². The Balaban J connectivity index is 1.75.